The summed E-state index contributed by atoms with van der Waals surface area (Å²) in [4.78, 5) is 36.2. The van der Waals surface area contributed by atoms with Crippen LogP contribution in [0, 0.1) is 5.92 Å². The first kappa shape index (κ1) is 20.5. The highest BCUT2D eigenvalue weighted by atomic mass is 35.5. The van der Waals surface area contributed by atoms with Crippen molar-refractivity contribution in [1.29, 1.82) is 0 Å². The maximum atomic E-state index is 12.6. The van der Waals surface area contributed by atoms with Gasteiger partial charge in [0.05, 0.1) is 0 Å². The van der Waals surface area contributed by atoms with Gasteiger partial charge in [0.15, 0.2) is 0 Å². The smallest absolute Gasteiger partial charge is 0.251 e. The van der Waals surface area contributed by atoms with Crippen molar-refractivity contribution in [2.45, 2.75) is 26.4 Å². The average Bonchev–Trinajstić information content (AvgIpc) is 2.64. The first-order chi connectivity index (χ1) is 12.8. The first-order valence-electron chi connectivity index (χ1n) is 8.51. The molecule has 4 N–H and O–H groups in total. The third-order valence-electron chi connectivity index (χ3n) is 4.02. The summed E-state index contributed by atoms with van der Waals surface area (Å²) in [6.07, 6.45) is 0. The average molecular weight is 388 g/mol. The van der Waals surface area contributed by atoms with E-state index in [1.54, 1.807) is 48.5 Å². The molecule has 0 aliphatic heterocycles. The van der Waals surface area contributed by atoms with E-state index in [1.165, 1.54) is 0 Å². The Hall–Kier alpha value is -2.86. The zero-order valence-corrected chi connectivity index (χ0v) is 15.9. The van der Waals surface area contributed by atoms with Crippen molar-refractivity contribution in [3.63, 3.8) is 0 Å². The highest BCUT2D eigenvalue weighted by Gasteiger charge is 2.24. The zero-order chi connectivity index (χ0) is 20.0. The molecule has 2 rings (SSSR count). The molecular weight excluding hydrogens is 366 g/mol. The molecule has 0 aromatic heterocycles. The topological polar surface area (TPSA) is 101 Å². The molecule has 0 fully saturated rings. The van der Waals surface area contributed by atoms with Gasteiger partial charge in [-0.2, -0.15) is 0 Å². The quantitative estimate of drug-likeness (QED) is 0.680. The van der Waals surface area contributed by atoms with E-state index < -0.39 is 11.9 Å². The number of primary amides is 1. The van der Waals surface area contributed by atoms with Crippen molar-refractivity contribution in [2.24, 2.45) is 11.7 Å². The largest absolute Gasteiger partial charge is 0.366 e. The third-order valence-corrected chi connectivity index (χ3v) is 4.27. The molecule has 0 saturated carbocycles. The van der Waals surface area contributed by atoms with E-state index in [9.17, 15) is 14.4 Å². The number of hydrogen-bond donors (Lipinski definition) is 3. The summed E-state index contributed by atoms with van der Waals surface area (Å²) in [5.74, 6) is -1.30. The van der Waals surface area contributed by atoms with Crippen LogP contribution in [-0.4, -0.2) is 23.8 Å². The summed E-state index contributed by atoms with van der Waals surface area (Å²) in [7, 11) is 0. The third kappa shape index (κ3) is 5.82. The van der Waals surface area contributed by atoms with Crippen molar-refractivity contribution in [1.82, 2.24) is 10.6 Å². The van der Waals surface area contributed by atoms with E-state index in [0.717, 1.165) is 5.56 Å². The Balaban J connectivity index is 2.02. The van der Waals surface area contributed by atoms with E-state index in [1.807, 2.05) is 13.8 Å². The molecule has 3 amide bonds. The second kappa shape index (κ2) is 9.19. The molecule has 0 saturated heterocycles. The number of amides is 3. The Morgan fingerprint density at radius 2 is 1.70 bits per heavy atom. The minimum Gasteiger partial charge on any atom is -0.366 e. The van der Waals surface area contributed by atoms with Crippen LogP contribution >= 0.6 is 11.6 Å². The highest BCUT2D eigenvalue weighted by molar-refractivity contribution is 6.30. The summed E-state index contributed by atoms with van der Waals surface area (Å²) in [6, 6.07) is 12.4. The van der Waals surface area contributed by atoms with Crippen LogP contribution in [0.3, 0.4) is 0 Å². The van der Waals surface area contributed by atoms with Crippen molar-refractivity contribution in [3.05, 3.63) is 70.2 Å². The van der Waals surface area contributed by atoms with Crippen LogP contribution in [-0.2, 0) is 11.3 Å². The lowest BCUT2D eigenvalue weighted by Gasteiger charge is -2.22. The molecule has 6 nitrogen and oxygen atoms in total. The van der Waals surface area contributed by atoms with Gasteiger partial charge < -0.3 is 16.4 Å². The normalized spacial score (nSPS) is 11.7. The van der Waals surface area contributed by atoms with Crippen LogP contribution < -0.4 is 16.4 Å². The molecule has 0 bridgehead atoms. The van der Waals surface area contributed by atoms with Gasteiger partial charge in [0.1, 0.15) is 6.04 Å². The predicted molar refractivity (Wildman–Crippen MR) is 104 cm³/mol. The fraction of sp³-hybridized carbons (Fsp3) is 0.250. The van der Waals surface area contributed by atoms with Crippen molar-refractivity contribution >= 4 is 29.3 Å². The molecule has 2 aromatic carbocycles. The molecule has 1 unspecified atom stereocenters. The Morgan fingerprint density at radius 3 is 2.30 bits per heavy atom. The van der Waals surface area contributed by atoms with Crippen molar-refractivity contribution in [3.8, 4) is 0 Å². The van der Waals surface area contributed by atoms with Crippen molar-refractivity contribution < 1.29 is 14.4 Å². The Morgan fingerprint density at radius 1 is 1.04 bits per heavy atom. The van der Waals surface area contributed by atoms with Gasteiger partial charge in [0.2, 0.25) is 11.8 Å². The lowest BCUT2D eigenvalue weighted by molar-refractivity contribution is -0.124. The summed E-state index contributed by atoms with van der Waals surface area (Å²) in [5.41, 5.74) is 6.80. The predicted octanol–water partition coefficient (Wildman–Crippen LogP) is 2.51. The maximum Gasteiger partial charge on any atom is 0.251 e. The Labute approximate surface area is 163 Å². The first-order valence-corrected chi connectivity index (χ1v) is 8.88. The van der Waals surface area contributed by atoms with Gasteiger partial charge in [-0.05, 0) is 47.9 Å². The number of benzene rings is 2. The fourth-order valence-corrected chi connectivity index (χ4v) is 2.62. The zero-order valence-electron chi connectivity index (χ0n) is 15.2. The van der Waals surface area contributed by atoms with Crippen LogP contribution in [0.15, 0.2) is 48.5 Å². The minimum absolute atomic E-state index is 0.113. The molecule has 7 heteroatoms. The van der Waals surface area contributed by atoms with E-state index in [2.05, 4.69) is 10.6 Å². The van der Waals surface area contributed by atoms with Gasteiger partial charge in [0, 0.05) is 22.7 Å². The number of carbonyl (C=O) groups is 3. The molecule has 2 aromatic rings. The number of nitrogens with two attached hydrogens (primary N) is 1. The molecule has 1 atom stereocenters. The second-order valence-corrected chi connectivity index (χ2v) is 6.92. The molecule has 0 heterocycles. The molecule has 0 radical (unpaired) electrons. The molecule has 0 spiro atoms. The number of halogens is 1. The van der Waals surface area contributed by atoms with Crippen molar-refractivity contribution in [2.75, 3.05) is 0 Å². The van der Waals surface area contributed by atoms with Crippen LogP contribution in [0.4, 0.5) is 0 Å². The minimum atomic E-state index is -0.701. The van der Waals surface area contributed by atoms with Gasteiger partial charge in [-0.3, -0.25) is 14.4 Å². The summed E-state index contributed by atoms with van der Waals surface area (Å²) in [5, 5.41) is 6.07. The molecule has 0 aliphatic carbocycles. The lowest BCUT2D eigenvalue weighted by Crippen LogP contribution is -2.49. The second-order valence-electron chi connectivity index (χ2n) is 6.48. The maximum absolute atomic E-state index is 12.6. The standard InChI is InChI=1S/C20H22ClN3O3/c1-12(2)17(24-19(26)14-6-8-16(21)9-7-14)20(27)23-11-13-4-3-5-15(10-13)18(22)25/h3-10,12,17H,11H2,1-2H3,(H2,22,25)(H,23,27)(H,24,26). The van der Waals surface area contributed by atoms with E-state index in [0.29, 0.717) is 16.1 Å². The van der Waals surface area contributed by atoms with Crippen LogP contribution in [0.25, 0.3) is 0 Å². The molecule has 142 valence electrons. The fourth-order valence-electron chi connectivity index (χ4n) is 2.49. The van der Waals surface area contributed by atoms with E-state index >= 15 is 0 Å². The molecule has 0 aliphatic rings. The number of nitrogens with one attached hydrogen (secondary N) is 2. The number of rotatable bonds is 7. The summed E-state index contributed by atoms with van der Waals surface area (Å²) in [6.45, 7) is 3.92. The van der Waals surface area contributed by atoms with Crippen LogP contribution in [0.5, 0.6) is 0 Å². The van der Waals surface area contributed by atoms with E-state index in [4.69, 9.17) is 17.3 Å². The van der Waals surface area contributed by atoms with Gasteiger partial charge in [-0.15, -0.1) is 0 Å². The number of hydrogen-bond acceptors (Lipinski definition) is 3. The summed E-state index contributed by atoms with van der Waals surface area (Å²) >= 11 is 5.83. The van der Waals surface area contributed by atoms with Gasteiger partial charge in [-0.25, -0.2) is 0 Å². The van der Waals surface area contributed by atoms with Crippen LogP contribution in [0.1, 0.15) is 40.1 Å². The lowest BCUT2D eigenvalue weighted by atomic mass is 10.0. The van der Waals surface area contributed by atoms with E-state index in [-0.39, 0.29) is 24.3 Å². The van der Waals surface area contributed by atoms with Gasteiger partial charge in [0.25, 0.3) is 5.91 Å². The SMILES string of the molecule is CC(C)C(NC(=O)c1ccc(Cl)cc1)C(=O)NCc1cccc(C(N)=O)c1. The van der Waals surface area contributed by atoms with Gasteiger partial charge in [-0.1, -0.05) is 37.6 Å². The number of carbonyl (C=O) groups excluding carboxylic acids is 3. The Kier molecular flexibility index (Phi) is 6.96. The Bertz CT molecular complexity index is 835. The monoisotopic (exact) mass is 387 g/mol. The van der Waals surface area contributed by atoms with Gasteiger partial charge >= 0.3 is 0 Å². The van der Waals surface area contributed by atoms with Crippen LogP contribution in [0.2, 0.25) is 5.02 Å². The highest BCUT2D eigenvalue weighted by Crippen LogP contribution is 2.11. The summed E-state index contributed by atoms with van der Waals surface area (Å²) < 4.78 is 0. The molecule has 27 heavy (non-hydrogen) atoms. The molecular formula is C20H22ClN3O3.